The molecule has 4 heteroatoms. The van der Waals surface area contributed by atoms with E-state index in [0.29, 0.717) is 12.6 Å². The van der Waals surface area contributed by atoms with Crippen LogP contribution in [0.4, 0.5) is 4.79 Å². The van der Waals surface area contributed by atoms with E-state index in [4.69, 9.17) is 0 Å². The lowest BCUT2D eigenvalue weighted by Gasteiger charge is -2.26. The lowest BCUT2D eigenvalue weighted by atomic mass is 10.1. The third-order valence-corrected chi connectivity index (χ3v) is 2.60. The standard InChI is InChI=1S/C11H23N3O/c1-10(2)12-6-7-13-11(15)14-8-4-3-5-9-14/h10,12H,3-9H2,1-2H3,(H,13,15). The molecule has 1 fully saturated rings. The number of hydrogen-bond acceptors (Lipinski definition) is 2. The molecule has 4 nitrogen and oxygen atoms in total. The molecule has 0 bridgehead atoms. The van der Waals surface area contributed by atoms with Crippen LogP contribution in [0.3, 0.4) is 0 Å². The number of nitrogens with one attached hydrogen (secondary N) is 2. The largest absolute Gasteiger partial charge is 0.337 e. The molecule has 15 heavy (non-hydrogen) atoms. The topological polar surface area (TPSA) is 44.4 Å². The number of nitrogens with zero attached hydrogens (tertiary/aromatic N) is 1. The molecule has 0 spiro atoms. The van der Waals surface area contributed by atoms with E-state index in [-0.39, 0.29) is 6.03 Å². The Morgan fingerprint density at radius 1 is 1.20 bits per heavy atom. The first-order valence-electron chi connectivity index (χ1n) is 5.96. The second-order valence-electron chi connectivity index (χ2n) is 4.39. The van der Waals surface area contributed by atoms with E-state index in [1.54, 1.807) is 0 Å². The number of carbonyl (C=O) groups is 1. The molecule has 1 heterocycles. The number of likely N-dealkylation sites (tertiary alicyclic amines) is 1. The Morgan fingerprint density at radius 2 is 1.87 bits per heavy atom. The van der Waals surface area contributed by atoms with Crippen LogP contribution < -0.4 is 10.6 Å². The number of amides is 2. The molecule has 0 atom stereocenters. The molecule has 1 aliphatic rings. The maximum atomic E-state index is 11.6. The quantitative estimate of drug-likeness (QED) is 0.689. The van der Waals surface area contributed by atoms with Crippen molar-refractivity contribution in [1.29, 1.82) is 0 Å². The number of piperidine rings is 1. The molecule has 2 amide bonds. The molecule has 2 N–H and O–H groups in total. The Kier molecular flexibility index (Phi) is 5.47. The molecule has 88 valence electrons. The van der Waals surface area contributed by atoms with Crippen molar-refractivity contribution < 1.29 is 4.79 Å². The highest BCUT2D eigenvalue weighted by Gasteiger charge is 2.15. The number of rotatable bonds is 4. The fourth-order valence-corrected chi connectivity index (χ4v) is 1.74. The third-order valence-electron chi connectivity index (χ3n) is 2.60. The summed E-state index contributed by atoms with van der Waals surface area (Å²) in [5.74, 6) is 0. The van der Waals surface area contributed by atoms with Crippen LogP contribution in [0, 0.1) is 0 Å². The van der Waals surface area contributed by atoms with E-state index in [0.717, 1.165) is 32.5 Å². The SMILES string of the molecule is CC(C)NCCNC(=O)N1CCCCC1. The van der Waals surface area contributed by atoms with Gasteiger partial charge < -0.3 is 15.5 Å². The lowest BCUT2D eigenvalue weighted by molar-refractivity contribution is 0.186. The highest BCUT2D eigenvalue weighted by molar-refractivity contribution is 5.74. The average molecular weight is 213 g/mol. The Balaban J connectivity index is 2.07. The van der Waals surface area contributed by atoms with Crippen LogP contribution in [0.2, 0.25) is 0 Å². The van der Waals surface area contributed by atoms with Gasteiger partial charge in [-0.15, -0.1) is 0 Å². The predicted octanol–water partition coefficient (Wildman–Crippen LogP) is 1.18. The smallest absolute Gasteiger partial charge is 0.317 e. The first-order chi connectivity index (χ1) is 7.20. The Bertz CT molecular complexity index is 188. The summed E-state index contributed by atoms with van der Waals surface area (Å²) in [5.41, 5.74) is 0. The zero-order valence-corrected chi connectivity index (χ0v) is 9.88. The summed E-state index contributed by atoms with van der Waals surface area (Å²) in [4.78, 5) is 13.5. The van der Waals surface area contributed by atoms with Crippen molar-refractivity contribution in [2.24, 2.45) is 0 Å². The van der Waals surface area contributed by atoms with Gasteiger partial charge in [-0.1, -0.05) is 13.8 Å². The zero-order chi connectivity index (χ0) is 11.1. The van der Waals surface area contributed by atoms with Crippen molar-refractivity contribution in [2.75, 3.05) is 26.2 Å². The Labute approximate surface area is 92.4 Å². The first kappa shape index (κ1) is 12.3. The fourth-order valence-electron chi connectivity index (χ4n) is 1.74. The van der Waals surface area contributed by atoms with Crippen LogP contribution in [-0.2, 0) is 0 Å². The second-order valence-corrected chi connectivity index (χ2v) is 4.39. The molecule has 0 radical (unpaired) electrons. The van der Waals surface area contributed by atoms with Crippen LogP contribution in [0.1, 0.15) is 33.1 Å². The summed E-state index contributed by atoms with van der Waals surface area (Å²) >= 11 is 0. The minimum atomic E-state index is 0.0975. The van der Waals surface area contributed by atoms with Gasteiger partial charge in [-0.05, 0) is 19.3 Å². The van der Waals surface area contributed by atoms with E-state index in [9.17, 15) is 4.79 Å². The molecule has 0 aromatic carbocycles. The van der Waals surface area contributed by atoms with E-state index >= 15 is 0 Å². The Morgan fingerprint density at radius 3 is 2.47 bits per heavy atom. The highest BCUT2D eigenvalue weighted by atomic mass is 16.2. The van der Waals surface area contributed by atoms with E-state index in [2.05, 4.69) is 24.5 Å². The van der Waals surface area contributed by atoms with Crippen LogP contribution in [-0.4, -0.2) is 43.2 Å². The monoisotopic (exact) mass is 213 g/mol. The van der Waals surface area contributed by atoms with Crippen molar-refractivity contribution >= 4 is 6.03 Å². The van der Waals surface area contributed by atoms with Gasteiger partial charge in [0.1, 0.15) is 0 Å². The zero-order valence-electron chi connectivity index (χ0n) is 9.88. The summed E-state index contributed by atoms with van der Waals surface area (Å²) in [7, 11) is 0. The fraction of sp³-hybridized carbons (Fsp3) is 0.909. The van der Waals surface area contributed by atoms with Crippen molar-refractivity contribution in [3.05, 3.63) is 0 Å². The number of urea groups is 1. The number of hydrogen-bond donors (Lipinski definition) is 2. The van der Waals surface area contributed by atoms with Crippen molar-refractivity contribution in [3.63, 3.8) is 0 Å². The van der Waals surface area contributed by atoms with Crippen LogP contribution in [0.25, 0.3) is 0 Å². The van der Waals surface area contributed by atoms with E-state index in [1.165, 1.54) is 6.42 Å². The maximum absolute atomic E-state index is 11.6. The summed E-state index contributed by atoms with van der Waals surface area (Å²) < 4.78 is 0. The summed E-state index contributed by atoms with van der Waals surface area (Å²) in [5, 5.41) is 6.20. The molecule has 1 aliphatic heterocycles. The number of carbonyl (C=O) groups excluding carboxylic acids is 1. The van der Waals surface area contributed by atoms with Gasteiger partial charge in [0.25, 0.3) is 0 Å². The molecular weight excluding hydrogens is 190 g/mol. The lowest BCUT2D eigenvalue weighted by Crippen LogP contribution is -2.45. The van der Waals surface area contributed by atoms with Gasteiger partial charge in [0.05, 0.1) is 0 Å². The van der Waals surface area contributed by atoms with Crippen LogP contribution in [0.15, 0.2) is 0 Å². The van der Waals surface area contributed by atoms with Gasteiger partial charge >= 0.3 is 6.03 Å². The van der Waals surface area contributed by atoms with Crippen molar-refractivity contribution in [3.8, 4) is 0 Å². The minimum Gasteiger partial charge on any atom is -0.337 e. The normalized spacial score (nSPS) is 16.9. The van der Waals surface area contributed by atoms with Gasteiger partial charge in [-0.2, -0.15) is 0 Å². The van der Waals surface area contributed by atoms with Crippen LogP contribution >= 0.6 is 0 Å². The third kappa shape index (κ3) is 5.02. The molecular formula is C11H23N3O. The molecule has 1 saturated heterocycles. The first-order valence-corrected chi connectivity index (χ1v) is 5.96. The van der Waals surface area contributed by atoms with Gasteiger partial charge in [-0.3, -0.25) is 0 Å². The maximum Gasteiger partial charge on any atom is 0.317 e. The molecule has 0 saturated carbocycles. The minimum absolute atomic E-state index is 0.0975. The average Bonchev–Trinajstić information content (AvgIpc) is 2.25. The summed E-state index contributed by atoms with van der Waals surface area (Å²) in [6.45, 7) is 7.61. The van der Waals surface area contributed by atoms with E-state index in [1.807, 2.05) is 4.90 Å². The molecule has 0 aromatic rings. The van der Waals surface area contributed by atoms with E-state index < -0.39 is 0 Å². The summed E-state index contributed by atoms with van der Waals surface area (Å²) in [6.07, 6.45) is 3.56. The summed E-state index contributed by atoms with van der Waals surface area (Å²) in [6, 6.07) is 0.581. The van der Waals surface area contributed by atoms with Gasteiger partial charge in [0.2, 0.25) is 0 Å². The molecule has 0 unspecified atom stereocenters. The van der Waals surface area contributed by atoms with Crippen molar-refractivity contribution in [2.45, 2.75) is 39.2 Å². The van der Waals surface area contributed by atoms with Gasteiger partial charge in [0.15, 0.2) is 0 Å². The molecule has 1 rings (SSSR count). The van der Waals surface area contributed by atoms with Gasteiger partial charge in [-0.25, -0.2) is 4.79 Å². The Hall–Kier alpha value is -0.770. The van der Waals surface area contributed by atoms with Crippen LogP contribution in [0.5, 0.6) is 0 Å². The molecule has 0 aliphatic carbocycles. The highest BCUT2D eigenvalue weighted by Crippen LogP contribution is 2.07. The van der Waals surface area contributed by atoms with Crippen molar-refractivity contribution in [1.82, 2.24) is 15.5 Å². The predicted molar refractivity (Wildman–Crippen MR) is 62.0 cm³/mol. The molecule has 0 aromatic heterocycles. The second kappa shape index (κ2) is 6.67. The van der Waals surface area contributed by atoms with Gasteiger partial charge in [0, 0.05) is 32.2 Å².